The van der Waals surface area contributed by atoms with Gasteiger partial charge in [-0.2, -0.15) is 0 Å². The van der Waals surface area contributed by atoms with E-state index in [4.69, 9.17) is 4.74 Å². The molecule has 3 N–H and O–H groups in total. The van der Waals surface area contributed by atoms with Crippen molar-refractivity contribution in [1.82, 2.24) is 10.6 Å². The molecule has 1 aromatic carbocycles. The number of aliphatic imine (C=N–C) groups is 1. The molecule has 2 rings (SSSR count). The molecule has 0 aliphatic heterocycles. The van der Waals surface area contributed by atoms with Crippen LogP contribution < -0.4 is 15.4 Å². The van der Waals surface area contributed by atoms with Crippen molar-refractivity contribution in [2.75, 3.05) is 20.2 Å². The molecule has 1 aliphatic carbocycles. The molecule has 0 amide bonds. The van der Waals surface area contributed by atoms with Crippen LogP contribution in [0.4, 0.5) is 0 Å². The van der Waals surface area contributed by atoms with Crippen LogP contribution in [0.25, 0.3) is 0 Å². The first kappa shape index (κ1) is 19.6. The third-order valence-corrected chi connectivity index (χ3v) is 5.03. The smallest absolute Gasteiger partial charge is 0.191 e. The highest BCUT2D eigenvalue weighted by atomic mass is 16.5. The second kappa shape index (κ2) is 10.3. The van der Waals surface area contributed by atoms with Crippen LogP contribution in [0.2, 0.25) is 0 Å². The first-order valence-corrected chi connectivity index (χ1v) is 9.53. The van der Waals surface area contributed by atoms with Crippen LogP contribution in [0, 0.1) is 5.92 Å². The van der Waals surface area contributed by atoms with Gasteiger partial charge in [0.15, 0.2) is 5.96 Å². The van der Waals surface area contributed by atoms with Crippen molar-refractivity contribution >= 4 is 5.96 Å². The average molecular weight is 348 g/mol. The Morgan fingerprint density at radius 2 is 1.88 bits per heavy atom. The molecule has 140 valence electrons. The molecule has 1 fully saturated rings. The zero-order chi connectivity index (χ0) is 18.1. The molecular formula is C20H33N3O2. The average Bonchev–Trinajstić information content (AvgIpc) is 2.66. The zero-order valence-corrected chi connectivity index (χ0v) is 15.8. The largest absolute Gasteiger partial charge is 0.497 e. The van der Waals surface area contributed by atoms with E-state index in [0.29, 0.717) is 12.6 Å². The maximum Gasteiger partial charge on any atom is 0.191 e. The zero-order valence-electron chi connectivity index (χ0n) is 15.8. The number of nitrogens with zero attached hydrogens (tertiary/aromatic N) is 1. The van der Waals surface area contributed by atoms with Crippen LogP contribution >= 0.6 is 0 Å². The van der Waals surface area contributed by atoms with Crippen LogP contribution in [-0.4, -0.2) is 37.3 Å². The van der Waals surface area contributed by atoms with Gasteiger partial charge in [0.2, 0.25) is 0 Å². The van der Waals surface area contributed by atoms with Gasteiger partial charge < -0.3 is 20.5 Å². The van der Waals surface area contributed by atoms with E-state index < -0.39 is 6.10 Å². The summed E-state index contributed by atoms with van der Waals surface area (Å²) in [4.78, 5) is 4.58. The number of ether oxygens (including phenoxy) is 1. The molecule has 0 radical (unpaired) electrons. The Kier molecular flexibility index (Phi) is 8.06. The van der Waals surface area contributed by atoms with Crippen molar-refractivity contribution < 1.29 is 9.84 Å². The Hall–Kier alpha value is -1.75. The quantitative estimate of drug-likeness (QED) is 0.523. The fourth-order valence-electron chi connectivity index (χ4n) is 3.34. The number of aliphatic hydroxyl groups excluding tert-OH is 1. The van der Waals surface area contributed by atoms with E-state index in [1.54, 1.807) is 7.11 Å². The summed E-state index contributed by atoms with van der Waals surface area (Å²) in [6, 6.07) is 7.96. The lowest BCUT2D eigenvalue weighted by Crippen LogP contribution is -2.45. The summed E-state index contributed by atoms with van der Waals surface area (Å²) < 4.78 is 5.15. The predicted octanol–water partition coefficient (Wildman–Crippen LogP) is 3.25. The minimum atomic E-state index is -0.614. The number of hydrogen-bond acceptors (Lipinski definition) is 3. The van der Waals surface area contributed by atoms with E-state index in [-0.39, 0.29) is 0 Å². The maximum atomic E-state index is 10.4. The molecule has 5 heteroatoms. The summed E-state index contributed by atoms with van der Waals surface area (Å²) in [7, 11) is 1.64. The highest BCUT2D eigenvalue weighted by molar-refractivity contribution is 5.80. The minimum absolute atomic E-state index is 0.339. The summed E-state index contributed by atoms with van der Waals surface area (Å²) in [5, 5.41) is 17.2. The van der Waals surface area contributed by atoms with Gasteiger partial charge in [0, 0.05) is 12.6 Å². The van der Waals surface area contributed by atoms with E-state index in [1.165, 1.54) is 32.1 Å². The van der Waals surface area contributed by atoms with Crippen LogP contribution in [0.1, 0.15) is 57.6 Å². The molecule has 0 aromatic heterocycles. The second-order valence-electron chi connectivity index (χ2n) is 6.78. The van der Waals surface area contributed by atoms with Gasteiger partial charge in [0.05, 0.1) is 19.8 Å². The summed E-state index contributed by atoms with van der Waals surface area (Å²) in [6.07, 6.45) is 5.66. The molecule has 0 saturated heterocycles. The fourth-order valence-corrected chi connectivity index (χ4v) is 3.34. The van der Waals surface area contributed by atoms with E-state index in [9.17, 15) is 5.11 Å². The van der Waals surface area contributed by atoms with Crippen molar-refractivity contribution in [2.45, 2.75) is 58.1 Å². The number of aliphatic hydroxyl groups is 1. The monoisotopic (exact) mass is 347 g/mol. The van der Waals surface area contributed by atoms with Crippen LogP contribution in [0.3, 0.4) is 0 Å². The van der Waals surface area contributed by atoms with Gasteiger partial charge in [0.25, 0.3) is 0 Å². The lowest BCUT2D eigenvalue weighted by molar-refractivity contribution is 0.187. The lowest BCUT2D eigenvalue weighted by Gasteiger charge is -2.29. The second-order valence-corrected chi connectivity index (χ2v) is 6.78. The number of nitrogens with one attached hydrogen (secondary N) is 2. The molecule has 1 unspecified atom stereocenters. The first-order chi connectivity index (χ1) is 12.2. The standard InChI is InChI=1S/C20H33N3O2/c1-4-15-6-10-17(11-7-15)23-20(21-5-2)22-14-19(24)16-8-12-18(25-3)13-9-16/h8-9,12-13,15,17,19,24H,4-7,10-11,14H2,1-3H3,(H2,21,22,23). The number of methoxy groups -OCH3 is 1. The SMILES string of the molecule is CCNC(=NCC(O)c1ccc(OC)cc1)NC1CCC(CC)CC1. The topological polar surface area (TPSA) is 65.9 Å². The van der Waals surface area contributed by atoms with Crippen molar-refractivity contribution in [1.29, 1.82) is 0 Å². The number of guanidine groups is 1. The minimum Gasteiger partial charge on any atom is -0.497 e. The van der Waals surface area contributed by atoms with E-state index in [0.717, 1.165) is 29.7 Å². The van der Waals surface area contributed by atoms with Crippen molar-refractivity contribution in [3.63, 3.8) is 0 Å². The van der Waals surface area contributed by atoms with Gasteiger partial charge in [-0.3, -0.25) is 4.99 Å². The number of benzene rings is 1. The van der Waals surface area contributed by atoms with Gasteiger partial charge >= 0.3 is 0 Å². The third kappa shape index (κ3) is 6.24. The predicted molar refractivity (Wildman–Crippen MR) is 103 cm³/mol. The summed E-state index contributed by atoms with van der Waals surface area (Å²) in [5.41, 5.74) is 0.851. The van der Waals surface area contributed by atoms with E-state index >= 15 is 0 Å². The summed E-state index contributed by atoms with van der Waals surface area (Å²) >= 11 is 0. The summed E-state index contributed by atoms with van der Waals surface area (Å²) in [5.74, 6) is 2.47. The summed E-state index contributed by atoms with van der Waals surface area (Å²) in [6.45, 7) is 5.50. The van der Waals surface area contributed by atoms with Crippen molar-refractivity contribution in [3.8, 4) is 5.75 Å². The van der Waals surface area contributed by atoms with Gasteiger partial charge in [-0.05, 0) is 56.2 Å². The lowest BCUT2D eigenvalue weighted by atomic mass is 9.84. The fraction of sp³-hybridized carbons (Fsp3) is 0.650. The molecular weight excluding hydrogens is 314 g/mol. The first-order valence-electron chi connectivity index (χ1n) is 9.53. The number of hydrogen-bond donors (Lipinski definition) is 3. The Labute approximate surface area is 151 Å². The maximum absolute atomic E-state index is 10.4. The van der Waals surface area contributed by atoms with E-state index in [2.05, 4.69) is 29.5 Å². The van der Waals surface area contributed by atoms with Crippen LogP contribution in [0.15, 0.2) is 29.3 Å². The van der Waals surface area contributed by atoms with Crippen LogP contribution in [-0.2, 0) is 0 Å². The molecule has 0 bridgehead atoms. The van der Waals surface area contributed by atoms with Crippen LogP contribution in [0.5, 0.6) is 5.75 Å². The van der Waals surface area contributed by atoms with Crippen molar-refractivity contribution in [2.24, 2.45) is 10.9 Å². The Morgan fingerprint density at radius 1 is 1.20 bits per heavy atom. The number of rotatable bonds is 7. The Morgan fingerprint density at radius 3 is 2.44 bits per heavy atom. The molecule has 0 heterocycles. The molecule has 1 aromatic rings. The van der Waals surface area contributed by atoms with E-state index in [1.807, 2.05) is 24.3 Å². The van der Waals surface area contributed by atoms with Gasteiger partial charge in [-0.15, -0.1) is 0 Å². The molecule has 1 saturated carbocycles. The molecule has 1 aliphatic rings. The Balaban J connectivity index is 1.89. The van der Waals surface area contributed by atoms with Gasteiger partial charge in [0.1, 0.15) is 5.75 Å². The Bertz CT molecular complexity index is 522. The third-order valence-electron chi connectivity index (χ3n) is 5.03. The van der Waals surface area contributed by atoms with Gasteiger partial charge in [-0.1, -0.05) is 25.5 Å². The molecule has 5 nitrogen and oxygen atoms in total. The van der Waals surface area contributed by atoms with Crippen molar-refractivity contribution in [3.05, 3.63) is 29.8 Å². The molecule has 1 atom stereocenters. The highest BCUT2D eigenvalue weighted by Crippen LogP contribution is 2.26. The highest BCUT2D eigenvalue weighted by Gasteiger charge is 2.20. The molecule has 0 spiro atoms. The van der Waals surface area contributed by atoms with Gasteiger partial charge in [-0.25, -0.2) is 0 Å². The molecule has 25 heavy (non-hydrogen) atoms. The normalized spacial score (nSPS) is 22.3.